The van der Waals surface area contributed by atoms with Gasteiger partial charge in [0.05, 0.1) is 19.9 Å². The maximum Gasteiger partial charge on any atom is 0.179 e. The number of para-hydroxylation sites is 1. The Morgan fingerprint density at radius 1 is 1.12 bits per heavy atom. The Bertz CT molecular complexity index is 647. The lowest BCUT2D eigenvalue weighted by molar-refractivity contribution is 0.309. The molecule has 0 aliphatic rings. The minimum atomic E-state index is 0.620. The second-order valence-electron chi connectivity index (χ2n) is 5.93. The molecule has 0 aliphatic heterocycles. The van der Waals surface area contributed by atoms with Crippen molar-refractivity contribution < 1.29 is 9.47 Å². The van der Waals surface area contributed by atoms with Crippen LogP contribution >= 0.6 is 0 Å². The molecule has 25 heavy (non-hydrogen) atoms. The van der Waals surface area contributed by atoms with Crippen molar-refractivity contribution in [3.8, 4) is 11.5 Å². The van der Waals surface area contributed by atoms with Crippen LogP contribution in [0.5, 0.6) is 11.5 Å². The van der Waals surface area contributed by atoms with Crippen LogP contribution in [0.15, 0.2) is 30.7 Å². The van der Waals surface area contributed by atoms with Crippen LogP contribution in [-0.2, 0) is 12.8 Å². The Balaban J connectivity index is 1.88. The third kappa shape index (κ3) is 5.62. The number of nitrogens with zero attached hydrogens (tertiary/aromatic N) is 2. The van der Waals surface area contributed by atoms with Crippen LogP contribution in [0.4, 0.5) is 5.82 Å². The second kappa shape index (κ2) is 10.5. The molecule has 0 unspecified atom stereocenters. The molecular formula is C20H29N3O2. The lowest BCUT2D eigenvalue weighted by Crippen LogP contribution is -2.08. The number of aryl methyl sites for hydroxylation is 2. The number of ether oxygens (including phenoxy) is 2. The minimum absolute atomic E-state index is 0.620. The van der Waals surface area contributed by atoms with Crippen molar-refractivity contribution in [3.05, 3.63) is 41.9 Å². The maximum atomic E-state index is 5.89. The van der Waals surface area contributed by atoms with Crippen LogP contribution in [0.1, 0.15) is 44.2 Å². The molecule has 0 amide bonds. The highest BCUT2D eigenvalue weighted by Crippen LogP contribution is 2.26. The van der Waals surface area contributed by atoms with Crippen molar-refractivity contribution in [3.63, 3.8) is 0 Å². The summed E-state index contributed by atoms with van der Waals surface area (Å²) in [6.45, 7) is 5.83. The summed E-state index contributed by atoms with van der Waals surface area (Å²) in [7, 11) is 1.74. The minimum Gasteiger partial charge on any atom is -0.496 e. The summed E-state index contributed by atoms with van der Waals surface area (Å²) >= 11 is 0. The molecule has 5 nitrogen and oxygen atoms in total. The number of anilines is 1. The van der Waals surface area contributed by atoms with Crippen LogP contribution in [0, 0.1) is 0 Å². The van der Waals surface area contributed by atoms with Gasteiger partial charge in [-0.3, -0.25) is 0 Å². The van der Waals surface area contributed by atoms with Crippen LogP contribution in [0.3, 0.4) is 0 Å². The molecule has 1 aromatic heterocycles. The zero-order valence-electron chi connectivity index (χ0n) is 15.5. The van der Waals surface area contributed by atoms with E-state index < -0.39 is 0 Å². The molecule has 0 radical (unpaired) electrons. The smallest absolute Gasteiger partial charge is 0.179 e. The van der Waals surface area contributed by atoms with Crippen molar-refractivity contribution in [2.75, 3.05) is 25.6 Å². The lowest BCUT2D eigenvalue weighted by Gasteiger charge is -2.14. The van der Waals surface area contributed by atoms with E-state index in [1.807, 2.05) is 0 Å². The van der Waals surface area contributed by atoms with Gasteiger partial charge in [-0.25, -0.2) is 9.97 Å². The van der Waals surface area contributed by atoms with E-state index in [2.05, 4.69) is 47.3 Å². The van der Waals surface area contributed by atoms with Gasteiger partial charge < -0.3 is 14.8 Å². The number of hydrogen-bond acceptors (Lipinski definition) is 5. The van der Waals surface area contributed by atoms with Crippen molar-refractivity contribution >= 4 is 5.82 Å². The van der Waals surface area contributed by atoms with Gasteiger partial charge in [-0.2, -0.15) is 0 Å². The molecule has 0 bridgehead atoms. The molecule has 136 valence electrons. The Morgan fingerprint density at radius 2 is 1.96 bits per heavy atom. The third-order valence-electron chi connectivity index (χ3n) is 4.11. The summed E-state index contributed by atoms with van der Waals surface area (Å²) in [5.74, 6) is 2.50. The van der Waals surface area contributed by atoms with Crippen molar-refractivity contribution in [1.82, 2.24) is 9.97 Å². The SMILES string of the molecule is CCCCNc1ncncc1OCCCc1cccc(CC)c1OC. The average molecular weight is 343 g/mol. The number of rotatable bonds is 11. The van der Waals surface area contributed by atoms with Gasteiger partial charge in [0.25, 0.3) is 0 Å². The standard InChI is InChI=1S/C20H29N3O2/c1-4-6-12-22-20-18(14-21-15-23-20)25-13-8-11-17-10-7-9-16(5-2)19(17)24-3/h7,9-10,14-15H,4-6,8,11-13H2,1-3H3,(H,21,22,23). The number of unbranched alkanes of at least 4 members (excludes halogenated alkanes) is 1. The van der Waals surface area contributed by atoms with Gasteiger partial charge in [-0.1, -0.05) is 38.5 Å². The van der Waals surface area contributed by atoms with Gasteiger partial charge in [0.15, 0.2) is 11.6 Å². The van der Waals surface area contributed by atoms with Crippen molar-refractivity contribution in [2.45, 2.75) is 46.0 Å². The fourth-order valence-corrected chi connectivity index (χ4v) is 2.76. The lowest BCUT2D eigenvalue weighted by atomic mass is 10.0. The Morgan fingerprint density at radius 3 is 2.72 bits per heavy atom. The molecule has 0 saturated heterocycles. The fourth-order valence-electron chi connectivity index (χ4n) is 2.76. The molecule has 0 aliphatic carbocycles. The summed E-state index contributed by atoms with van der Waals surface area (Å²) in [6.07, 6.45) is 8.32. The zero-order chi connectivity index (χ0) is 17.9. The second-order valence-corrected chi connectivity index (χ2v) is 5.93. The number of nitrogens with one attached hydrogen (secondary N) is 1. The van der Waals surface area contributed by atoms with Gasteiger partial charge in [-0.15, -0.1) is 0 Å². The molecule has 2 aromatic rings. The van der Waals surface area contributed by atoms with Crippen LogP contribution in [0.2, 0.25) is 0 Å². The molecule has 0 fully saturated rings. The van der Waals surface area contributed by atoms with Crippen LogP contribution in [0.25, 0.3) is 0 Å². The number of benzene rings is 1. The highest BCUT2D eigenvalue weighted by Gasteiger charge is 2.08. The Hall–Kier alpha value is -2.30. The first kappa shape index (κ1) is 19.0. The molecule has 0 spiro atoms. The molecule has 0 atom stereocenters. The molecule has 1 heterocycles. The summed E-state index contributed by atoms with van der Waals surface area (Å²) < 4.78 is 11.5. The molecule has 1 aromatic carbocycles. The van der Waals surface area contributed by atoms with Gasteiger partial charge in [0.1, 0.15) is 12.1 Å². The highest BCUT2D eigenvalue weighted by atomic mass is 16.5. The van der Waals surface area contributed by atoms with E-state index in [1.165, 1.54) is 11.1 Å². The molecule has 0 saturated carbocycles. The van der Waals surface area contributed by atoms with E-state index in [4.69, 9.17) is 9.47 Å². The molecular weight excluding hydrogens is 314 g/mol. The average Bonchev–Trinajstić information content (AvgIpc) is 2.66. The molecule has 1 N–H and O–H groups in total. The van der Waals surface area contributed by atoms with E-state index in [0.717, 1.165) is 50.2 Å². The maximum absolute atomic E-state index is 5.89. The monoisotopic (exact) mass is 343 g/mol. The zero-order valence-corrected chi connectivity index (χ0v) is 15.5. The Labute approximate surface area is 150 Å². The van der Waals surface area contributed by atoms with E-state index in [1.54, 1.807) is 19.6 Å². The van der Waals surface area contributed by atoms with Gasteiger partial charge in [0.2, 0.25) is 0 Å². The van der Waals surface area contributed by atoms with Crippen LogP contribution < -0.4 is 14.8 Å². The first-order chi connectivity index (χ1) is 12.3. The van der Waals surface area contributed by atoms with E-state index in [-0.39, 0.29) is 0 Å². The van der Waals surface area contributed by atoms with Crippen LogP contribution in [-0.4, -0.2) is 30.2 Å². The summed E-state index contributed by atoms with van der Waals surface area (Å²) in [5.41, 5.74) is 2.48. The quantitative estimate of drug-likeness (QED) is 0.617. The van der Waals surface area contributed by atoms with Gasteiger partial charge in [-0.05, 0) is 36.8 Å². The summed E-state index contributed by atoms with van der Waals surface area (Å²) in [5, 5.41) is 3.31. The Kier molecular flexibility index (Phi) is 8.02. The van der Waals surface area contributed by atoms with Crippen molar-refractivity contribution in [2.24, 2.45) is 0 Å². The van der Waals surface area contributed by atoms with Gasteiger partial charge >= 0.3 is 0 Å². The normalized spacial score (nSPS) is 10.5. The fraction of sp³-hybridized carbons (Fsp3) is 0.500. The predicted molar refractivity (Wildman–Crippen MR) is 102 cm³/mol. The molecule has 5 heteroatoms. The largest absolute Gasteiger partial charge is 0.496 e. The summed E-state index contributed by atoms with van der Waals surface area (Å²) in [6, 6.07) is 6.34. The number of aromatic nitrogens is 2. The first-order valence-electron chi connectivity index (χ1n) is 9.11. The van der Waals surface area contributed by atoms with Crippen molar-refractivity contribution in [1.29, 1.82) is 0 Å². The highest BCUT2D eigenvalue weighted by molar-refractivity contribution is 5.47. The third-order valence-corrected chi connectivity index (χ3v) is 4.11. The predicted octanol–water partition coefficient (Wildman–Crippen LogP) is 4.27. The van der Waals surface area contributed by atoms with Gasteiger partial charge in [0, 0.05) is 6.54 Å². The topological polar surface area (TPSA) is 56.3 Å². The first-order valence-corrected chi connectivity index (χ1v) is 9.11. The van der Waals surface area contributed by atoms with E-state index >= 15 is 0 Å². The van der Waals surface area contributed by atoms with E-state index in [9.17, 15) is 0 Å². The number of hydrogen-bond donors (Lipinski definition) is 1. The van der Waals surface area contributed by atoms with E-state index in [0.29, 0.717) is 12.4 Å². The molecule has 2 rings (SSSR count). The summed E-state index contributed by atoms with van der Waals surface area (Å²) in [4.78, 5) is 8.33. The number of methoxy groups -OCH3 is 1.